The molecule has 3 rings (SSSR count). The van der Waals surface area contributed by atoms with Crippen molar-refractivity contribution in [3.05, 3.63) is 24.3 Å². The van der Waals surface area contributed by atoms with Crippen LogP contribution in [0.4, 0.5) is 0 Å². The van der Waals surface area contributed by atoms with Crippen molar-refractivity contribution in [2.45, 2.75) is 6.42 Å². The van der Waals surface area contributed by atoms with E-state index in [1.165, 1.54) is 0 Å². The summed E-state index contributed by atoms with van der Waals surface area (Å²) >= 11 is 0. The van der Waals surface area contributed by atoms with Gasteiger partial charge in [-0.3, -0.25) is 9.98 Å². The zero-order valence-corrected chi connectivity index (χ0v) is 9.06. The third-order valence-electron chi connectivity index (χ3n) is 3.00. The van der Waals surface area contributed by atoms with Crippen molar-refractivity contribution in [2.75, 3.05) is 26.3 Å². The van der Waals surface area contributed by atoms with Crippen LogP contribution in [0.25, 0.3) is 0 Å². The number of allylic oxidation sites excluding steroid dienone is 3. The van der Waals surface area contributed by atoms with E-state index < -0.39 is 0 Å². The highest BCUT2D eigenvalue weighted by Crippen LogP contribution is 2.35. The highest BCUT2D eigenvalue weighted by Gasteiger charge is 2.44. The van der Waals surface area contributed by atoms with Crippen molar-refractivity contribution in [1.82, 2.24) is 0 Å². The van der Waals surface area contributed by atoms with Crippen molar-refractivity contribution < 1.29 is 9.47 Å². The van der Waals surface area contributed by atoms with Crippen LogP contribution in [0, 0.1) is 5.41 Å². The summed E-state index contributed by atoms with van der Waals surface area (Å²) in [4.78, 5) is 8.85. The normalized spacial score (nSPS) is 26.0. The van der Waals surface area contributed by atoms with Crippen molar-refractivity contribution in [1.29, 1.82) is 0 Å². The molecule has 4 nitrogen and oxygen atoms in total. The highest BCUT2D eigenvalue weighted by atomic mass is 16.5. The minimum atomic E-state index is -0.373. The third-order valence-corrected chi connectivity index (χ3v) is 3.00. The number of aliphatic imine (C=N–C) groups is 2. The number of rotatable bonds is 2. The van der Waals surface area contributed by atoms with Crippen molar-refractivity contribution in [3.8, 4) is 0 Å². The molecule has 4 heteroatoms. The Morgan fingerprint density at radius 3 is 2.12 bits per heavy atom. The third kappa shape index (κ3) is 1.37. The summed E-state index contributed by atoms with van der Waals surface area (Å²) in [6, 6.07) is 0. The Morgan fingerprint density at radius 2 is 1.69 bits per heavy atom. The molecule has 0 saturated carbocycles. The van der Waals surface area contributed by atoms with Gasteiger partial charge in [0.05, 0.1) is 13.1 Å². The zero-order chi connectivity index (χ0) is 10.8. The van der Waals surface area contributed by atoms with Gasteiger partial charge in [0.1, 0.15) is 18.6 Å². The second-order valence-corrected chi connectivity index (χ2v) is 4.03. The van der Waals surface area contributed by atoms with Crippen LogP contribution in [0.2, 0.25) is 0 Å². The fourth-order valence-electron chi connectivity index (χ4n) is 2.24. The van der Waals surface area contributed by atoms with Gasteiger partial charge in [0, 0.05) is 0 Å². The van der Waals surface area contributed by atoms with E-state index in [1.54, 1.807) is 0 Å². The first kappa shape index (κ1) is 9.63. The maximum absolute atomic E-state index is 5.61. The molecule has 2 heterocycles. The smallest absolute Gasteiger partial charge is 0.203 e. The average molecular weight is 218 g/mol. The molecule has 84 valence electrons. The molecule has 0 unspecified atom stereocenters. The fraction of sp³-hybridized carbons (Fsp3) is 0.500. The summed E-state index contributed by atoms with van der Waals surface area (Å²) < 4.78 is 11.2. The number of ether oxygens (including phenoxy) is 2. The van der Waals surface area contributed by atoms with Crippen molar-refractivity contribution >= 4 is 11.8 Å². The molecule has 0 spiro atoms. The van der Waals surface area contributed by atoms with Crippen LogP contribution in [0.3, 0.4) is 0 Å². The topological polar surface area (TPSA) is 43.2 Å². The molecule has 0 radical (unpaired) electrons. The van der Waals surface area contributed by atoms with Gasteiger partial charge in [0.15, 0.2) is 0 Å². The summed E-state index contributed by atoms with van der Waals surface area (Å²) in [5.74, 6) is 1.52. The molecule has 0 bridgehead atoms. The van der Waals surface area contributed by atoms with Crippen molar-refractivity contribution in [2.24, 2.45) is 15.4 Å². The molecular weight excluding hydrogens is 204 g/mol. The first-order chi connectivity index (χ1) is 7.92. The molecule has 0 saturated heterocycles. The fourth-order valence-corrected chi connectivity index (χ4v) is 2.24. The predicted octanol–water partition coefficient (Wildman–Crippen LogP) is 1.35. The quantitative estimate of drug-likeness (QED) is 0.702. The van der Waals surface area contributed by atoms with E-state index in [1.807, 2.05) is 12.2 Å². The van der Waals surface area contributed by atoms with Gasteiger partial charge in [0.25, 0.3) is 0 Å². The summed E-state index contributed by atoms with van der Waals surface area (Å²) in [5, 5.41) is 0. The molecule has 0 aromatic carbocycles. The SMILES string of the molecule is C1=CCC(C2=NCCO2)(C2=NCCO2)C=C1. The Hall–Kier alpha value is -1.58. The van der Waals surface area contributed by atoms with Gasteiger partial charge in [-0.25, -0.2) is 0 Å². The van der Waals surface area contributed by atoms with E-state index in [4.69, 9.17) is 9.47 Å². The van der Waals surface area contributed by atoms with Crippen LogP contribution in [0.1, 0.15) is 6.42 Å². The van der Waals surface area contributed by atoms with E-state index in [0.29, 0.717) is 13.2 Å². The van der Waals surface area contributed by atoms with Gasteiger partial charge in [-0.1, -0.05) is 24.3 Å². The minimum absolute atomic E-state index is 0.373. The maximum atomic E-state index is 5.61. The van der Waals surface area contributed by atoms with Crippen LogP contribution in [-0.4, -0.2) is 38.1 Å². The highest BCUT2D eigenvalue weighted by molar-refractivity contribution is 6.08. The molecule has 0 atom stereocenters. The summed E-state index contributed by atoms with van der Waals surface area (Å²) in [6.45, 7) is 2.81. The van der Waals surface area contributed by atoms with Crippen molar-refractivity contribution in [3.63, 3.8) is 0 Å². The Morgan fingerprint density at radius 1 is 1.00 bits per heavy atom. The van der Waals surface area contributed by atoms with Gasteiger partial charge in [-0.15, -0.1) is 0 Å². The standard InChI is InChI=1S/C12H14N2O2/c1-2-4-12(5-3-1,10-13-6-8-15-10)11-14-7-9-16-11/h1-4H,5-9H2. The van der Waals surface area contributed by atoms with Gasteiger partial charge in [-0.05, 0) is 6.42 Å². The number of nitrogens with zero attached hydrogens (tertiary/aromatic N) is 2. The first-order valence-electron chi connectivity index (χ1n) is 5.62. The largest absolute Gasteiger partial charge is 0.478 e. The Balaban J connectivity index is 2.00. The maximum Gasteiger partial charge on any atom is 0.203 e. The van der Waals surface area contributed by atoms with Gasteiger partial charge in [0.2, 0.25) is 11.8 Å². The zero-order valence-electron chi connectivity index (χ0n) is 9.06. The van der Waals surface area contributed by atoms with E-state index in [-0.39, 0.29) is 5.41 Å². The van der Waals surface area contributed by atoms with Crippen LogP contribution < -0.4 is 0 Å². The summed E-state index contributed by atoms with van der Waals surface area (Å²) in [5.41, 5.74) is -0.373. The molecule has 16 heavy (non-hydrogen) atoms. The summed E-state index contributed by atoms with van der Waals surface area (Å²) in [7, 11) is 0. The summed E-state index contributed by atoms with van der Waals surface area (Å²) in [6.07, 6.45) is 9.05. The van der Waals surface area contributed by atoms with Crippen LogP contribution in [0.15, 0.2) is 34.3 Å². The Bertz CT molecular complexity index is 383. The van der Waals surface area contributed by atoms with E-state index in [0.717, 1.165) is 31.3 Å². The van der Waals surface area contributed by atoms with E-state index in [2.05, 4.69) is 22.1 Å². The van der Waals surface area contributed by atoms with E-state index in [9.17, 15) is 0 Å². The van der Waals surface area contributed by atoms with E-state index >= 15 is 0 Å². The molecule has 1 aliphatic carbocycles. The molecule has 2 aliphatic heterocycles. The second kappa shape index (κ2) is 3.77. The monoisotopic (exact) mass is 218 g/mol. The molecule has 0 N–H and O–H groups in total. The van der Waals surface area contributed by atoms with Gasteiger partial charge < -0.3 is 9.47 Å². The number of hydrogen-bond acceptors (Lipinski definition) is 4. The van der Waals surface area contributed by atoms with Gasteiger partial charge >= 0.3 is 0 Å². The molecule has 3 aliphatic rings. The Kier molecular flexibility index (Phi) is 2.27. The van der Waals surface area contributed by atoms with Crippen LogP contribution in [0.5, 0.6) is 0 Å². The minimum Gasteiger partial charge on any atom is -0.478 e. The lowest BCUT2D eigenvalue weighted by Crippen LogP contribution is -2.38. The molecule has 0 aromatic heterocycles. The molecular formula is C12H14N2O2. The average Bonchev–Trinajstić information content (AvgIpc) is 3.04. The molecule has 0 amide bonds. The molecule has 0 aromatic rings. The van der Waals surface area contributed by atoms with Gasteiger partial charge in [-0.2, -0.15) is 0 Å². The lowest BCUT2D eigenvalue weighted by molar-refractivity contribution is 0.285. The van der Waals surface area contributed by atoms with Crippen LogP contribution in [-0.2, 0) is 9.47 Å². The molecule has 0 fully saturated rings. The lowest BCUT2D eigenvalue weighted by atomic mass is 9.81. The lowest BCUT2D eigenvalue weighted by Gasteiger charge is -2.29. The second-order valence-electron chi connectivity index (χ2n) is 4.03. The van der Waals surface area contributed by atoms with Crippen LogP contribution >= 0.6 is 0 Å². The predicted molar refractivity (Wildman–Crippen MR) is 61.8 cm³/mol. The number of hydrogen-bond donors (Lipinski definition) is 0. The Labute approximate surface area is 94.4 Å². The first-order valence-corrected chi connectivity index (χ1v) is 5.62.